The molecule has 0 aliphatic carbocycles. The smallest absolute Gasteiger partial charge is 0.121 e. The number of phenolic OH excluding ortho intramolecular Hbond substituents is 2. The zero-order chi connectivity index (χ0) is 13.4. The van der Waals surface area contributed by atoms with E-state index in [2.05, 4.69) is 0 Å². The molecule has 0 saturated carbocycles. The maximum Gasteiger partial charge on any atom is 0.121 e. The highest BCUT2D eigenvalue weighted by molar-refractivity contribution is 5.47. The van der Waals surface area contributed by atoms with Crippen LogP contribution in [0.2, 0.25) is 0 Å². The second-order valence-electron chi connectivity index (χ2n) is 3.99. The molecule has 0 saturated heterocycles. The molecular formula is C15H20O3. The van der Waals surface area contributed by atoms with Gasteiger partial charge in [0, 0.05) is 18.2 Å². The highest BCUT2D eigenvalue weighted by Crippen LogP contribution is 2.30. The largest absolute Gasteiger partial charge is 0.508 e. The maximum absolute atomic E-state index is 9.84. The van der Waals surface area contributed by atoms with Gasteiger partial charge in [-0.1, -0.05) is 24.3 Å². The van der Waals surface area contributed by atoms with Crippen molar-refractivity contribution in [3.63, 3.8) is 0 Å². The van der Waals surface area contributed by atoms with E-state index < -0.39 is 0 Å². The SMILES string of the molecule is CC=CC=CCCc1c(O)ccc(O)c1COC. The highest BCUT2D eigenvalue weighted by Gasteiger charge is 2.11. The van der Waals surface area contributed by atoms with Crippen molar-refractivity contribution < 1.29 is 14.9 Å². The first-order valence-electron chi connectivity index (χ1n) is 6.00. The minimum Gasteiger partial charge on any atom is -0.508 e. The molecule has 0 aliphatic rings. The zero-order valence-corrected chi connectivity index (χ0v) is 10.9. The van der Waals surface area contributed by atoms with Gasteiger partial charge in [-0.2, -0.15) is 0 Å². The van der Waals surface area contributed by atoms with E-state index in [1.165, 1.54) is 12.1 Å². The van der Waals surface area contributed by atoms with Crippen LogP contribution in [0.4, 0.5) is 0 Å². The third kappa shape index (κ3) is 3.93. The normalized spacial score (nSPS) is 11.7. The fraction of sp³-hybridized carbons (Fsp3) is 0.333. The van der Waals surface area contributed by atoms with Crippen LogP contribution in [0.5, 0.6) is 11.5 Å². The molecule has 0 bridgehead atoms. The number of phenols is 2. The second-order valence-corrected chi connectivity index (χ2v) is 3.99. The molecule has 3 nitrogen and oxygen atoms in total. The molecule has 0 aromatic heterocycles. The molecule has 98 valence electrons. The van der Waals surface area contributed by atoms with Gasteiger partial charge >= 0.3 is 0 Å². The van der Waals surface area contributed by atoms with Gasteiger partial charge in [0.2, 0.25) is 0 Å². The molecule has 0 heterocycles. The van der Waals surface area contributed by atoms with Crippen LogP contribution in [0.15, 0.2) is 36.4 Å². The first kappa shape index (κ1) is 14.3. The molecule has 0 atom stereocenters. The Bertz CT molecular complexity index is 434. The number of benzene rings is 1. The molecule has 18 heavy (non-hydrogen) atoms. The van der Waals surface area contributed by atoms with E-state index in [4.69, 9.17) is 4.74 Å². The molecule has 2 N–H and O–H groups in total. The molecule has 0 spiro atoms. The maximum atomic E-state index is 9.84. The average Bonchev–Trinajstić information content (AvgIpc) is 2.36. The summed E-state index contributed by atoms with van der Waals surface area (Å²) in [5, 5.41) is 19.6. The van der Waals surface area contributed by atoms with Crippen molar-refractivity contribution in [2.24, 2.45) is 0 Å². The van der Waals surface area contributed by atoms with E-state index in [0.29, 0.717) is 18.6 Å². The van der Waals surface area contributed by atoms with Gasteiger partial charge in [0.15, 0.2) is 0 Å². The van der Waals surface area contributed by atoms with Crippen LogP contribution in [0, 0.1) is 0 Å². The van der Waals surface area contributed by atoms with Crippen LogP contribution in [0.1, 0.15) is 24.5 Å². The van der Waals surface area contributed by atoms with E-state index in [1.807, 2.05) is 31.2 Å². The van der Waals surface area contributed by atoms with Crippen LogP contribution in [-0.4, -0.2) is 17.3 Å². The summed E-state index contributed by atoms with van der Waals surface area (Å²) < 4.78 is 5.05. The quantitative estimate of drug-likeness (QED) is 0.600. The van der Waals surface area contributed by atoms with Gasteiger partial charge in [0.1, 0.15) is 11.5 Å². The lowest BCUT2D eigenvalue weighted by Gasteiger charge is -2.12. The summed E-state index contributed by atoms with van der Waals surface area (Å²) in [5.74, 6) is 0.376. The minimum atomic E-state index is 0.169. The molecular weight excluding hydrogens is 228 g/mol. The summed E-state index contributed by atoms with van der Waals surface area (Å²) in [6.45, 7) is 2.26. The predicted octanol–water partition coefficient (Wildman–Crippen LogP) is 3.31. The molecule has 0 fully saturated rings. The monoisotopic (exact) mass is 248 g/mol. The van der Waals surface area contributed by atoms with Crippen molar-refractivity contribution in [3.8, 4) is 11.5 Å². The Balaban J connectivity index is 2.82. The van der Waals surface area contributed by atoms with Gasteiger partial charge < -0.3 is 14.9 Å². The molecule has 0 radical (unpaired) electrons. The first-order valence-corrected chi connectivity index (χ1v) is 6.00. The van der Waals surface area contributed by atoms with Crippen LogP contribution in [0.3, 0.4) is 0 Å². The van der Waals surface area contributed by atoms with E-state index >= 15 is 0 Å². The lowest BCUT2D eigenvalue weighted by molar-refractivity contribution is 0.181. The summed E-state index contributed by atoms with van der Waals surface area (Å²) >= 11 is 0. The summed E-state index contributed by atoms with van der Waals surface area (Å²) in [5.41, 5.74) is 1.42. The Morgan fingerprint density at radius 2 is 1.78 bits per heavy atom. The number of ether oxygens (including phenoxy) is 1. The van der Waals surface area contributed by atoms with Gasteiger partial charge in [-0.25, -0.2) is 0 Å². The summed E-state index contributed by atoms with van der Waals surface area (Å²) in [6, 6.07) is 3.00. The molecule has 1 aromatic rings. The van der Waals surface area contributed by atoms with Gasteiger partial charge in [-0.15, -0.1) is 0 Å². The van der Waals surface area contributed by atoms with Crippen molar-refractivity contribution in [3.05, 3.63) is 47.6 Å². The van der Waals surface area contributed by atoms with Crippen molar-refractivity contribution in [2.75, 3.05) is 7.11 Å². The van der Waals surface area contributed by atoms with Gasteiger partial charge in [-0.05, 0) is 31.9 Å². The Kier molecular flexibility index (Phi) is 6.01. The molecule has 0 unspecified atom stereocenters. The molecule has 1 aromatic carbocycles. The van der Waals surface area contributed by atoms with E-state index in [0.717, 1.165) is 12.0 Å². The average molecular weight is 248 g/mol. The molecule has 1 rings (SSSR count). The number of aromatic hydroxyl groups is 2. The standard InChI is InChI=1S/C15H20O3/c1-3-4-5-6-7-8-12-13(11-18-2)15(17)10-9-14(12)16/h3-6,9-10,16-17H,7-8,11H2,1-2H3. The summed E-state index contributed by atoms with van der Waals surface area (Å²) in [4.78, 5) is 0. The minimum absolute atomic E-state index is 0.169. The predicted molar refractivity (Wildman–Crippen MR) is 72.8 cm³/mol. The molecule has 0 amide bonds. The fourth-order valence-corrected chi connectivity index (χ4v) is 1.77. The van der Waals surface area contributed by atoms with Gasteiger partial charge in [-0.3, -0.25) is 0 Å². The summed E-state index contributed by atoms with van der Waals surface area (Å²) in [6.07, 6.45) is 9.39. The number of hydrogen-bond donors (Lipinski definition) is 2. The Labute approximate surface area is 108 Å². The zero-order valence-electron chi connectivity index (χ0n) is 10.9. The lowest BCUT2D eigenvalue weighted by atomic mass is 10.0. The van der Waals surface area contributed by atoms with E-state index in [1.54, 1.807) is 7.11 Å². The van der Waals surface area contributed by atoms with Crippen molar-refractivity contribution in [1.29, 1.82) is 0 Å². The van der Waals surface area contributed by atoms with Crippen LogP contribution in [0.25, 0.3) is 0 Å². The van der Waals surface area contributed by atoms with Crippen molar-refractivity contribution in [2.45, 2.75) is 26.4 Å². The van der Waals surface area contributed by atoms with Gasteiger partial charge in [0.25, 0.3) is 0 Å². The highest BCUT2D eigenvalue weighted by atomic mass is 16.5. The van der Waals surface area contributed by atoms with Crippen molar-refractivity contribution in [1.82, 2.24) is 0 Å². The fourth-order valence-electron chi connectivity index (χ4n) is 1.77. The second kappa shape index (κ2) is 7.56. The number of methoxy groups -OCH3 is 1. The first-order chi connectivity index (χ1) is 8.70. The van der Waals surface area contributed by atoms with Crippen LogP contribution >= 0.6 is 0 Å². The van der Waals surface area contributed by atoms with E-state index in [-0.39, 0.29) is 11.5 Å². The number of hydrogen-bond acceptors (Lipinski definition) is 3. The van der Waals surface area contributed by atoms with E-state index in [9.17, 15) is 10.2 Å². The Hall–Kier alpha value is -1.74. The van der Waals surface area contributed by atoms with Crippen molar-refractivity contribution >= 4 is 0 Å². The third-order valence-electron chi connectivity index (χ3n) is 2.67. The number of allylic oxidation sites excluding steroid dienone is 4. The molecule has 0 aliphatic heterocycles. The number of rotatable bonds is 6. The lowest BCUT2D eigenvalue weighted by Crippen LogP contribution is -1.97. The van der Waals surface area contributed by atoms with Crippen LogP contribution < -0.4 is 0 Å². The Morgan fingerprint density at radius 3 is 2.39 bits per heavy atom. The van der Waals surface area contributed by atoms with Crippen LogP contribution in [-0.2, 0) is 17.8 Å². The molecule has 3 heteroatoms. The topological polar surface area (TPSA) is 49.7 Å². The summed E-state index contributed by atoms with van der Waals surface area (Å²) in [7, 11) is 1.57. The Morgan fingerprint density at radius 1 is 1.11 bits per heavy atom. The van der Waals surface area contributed by atoms with Gasteiger partial charge in [0.05, 0.1) is 6.61 Å². The third-order valence-corrected chi connectivity index (χ3v) is 2.67.